The number of fused-ring (bicyclic) bond motifs is 1. The van der Waals surface area contributed by atoms with Crippen molar-refractivity contribution >= 4 is 16.9 Å². The number of imidazole rings is 1. The first-order valence-corrected chi connectivity index (χ1v) is 13.7. The molecule has 212 valence electrons. The van der Waals surface area contributed by atoms with Crippen LogP contribution < -0.4 is 15.2 Å². The number of ether oxygens (including phenoxy) is 3. The van der Waals surface area contributed by atoms with E-state index in [-0.39, 0.29) is 12.6 Å². The lowest BCUT2D eigenvalue weighted by atomic mass is 10.1. The summed E-state index contributed by atoms with van der Waals surface area (Å²) in [5.41, 5.74) is 9.45. The first-order valence-electron chi connectivity index (χ1n) is 13.7. The van der Waals surface area contributed by atoms with Crippen LogP contribution in [0.5, 0.6) is 17.2 Å². The van der Waals surface area contributed by atoms with Gasteiger partial charge in [0.15, 0.2) is 5.65 Å². The number of nitrogens with two attached hydrogens (primary N) is 1. The molecule has 0 amide bonds. The lowest BCUT2D eigenvalue weighted by Gasteiger charge is -2.22. The largest absolute Gasteiger partial charge is 0.487 e. The normalized spacial score (nSPS) is 14.1. The number of nitrogen functional groups attached to an aromatic ring is 1. The molecule has 10 nitrogen and oxygen atoms in total. The second kappa shape index (κ2) is 11.5. The minimum absolute atomic E-state index is 0.178. The van der Waals surface area contributed by atoms with E-state index < -0.39 is 5.82 Å². The van der Waals surface area contributed by atoms with Crippen molar-refractivity contribution in [2.75, 3.05) is 18.9 Å². The van der Waals surface area contributed by atoms with Crippen molar-refractivity contribution in [3.63, 3.8) is 0 Å². The second-order valence-electron chi connectivity index (χ2n) is 10.6. The highest BCUT2D eigenvalue weighted by Crippen LogP contribution is 2.35. The topological polar surface area (TPSA) is 115 Å². The van der Waals surface area contributed by atoms with Crippen molar-refractivity contribution in [2.45, 2.75) is 45.9 Å². The highest BCUT2D eigenvalue weighted by Gasteiger charge is 2.24. The fraction of sp³-hybridized carbons (Fsp3) is 0.333. The summed E-state index contributed by atoms with van der Waals surface area (Å²) >= 11 is 0. The fourth-order valence-electron chi connectivity index (χ4n) is 5.06. The summed E-state index contributed by atoms with van der Waals surface area (Å²) in [6, 6.07) is 11.9. The van der Waals surface area contributed by atoms with Gasteiger partial charge in [0, 0.05) is 43.5 Å². The molecule has 0 radical (unpaired) electrons. The third-order valence-corrected chi connectivity index (χ3v) is 7.01. The molecule has 1 fully saturated rings. The molecule has 1 aliphatic rings. The van der Waals surface area contributed by atoms with E-state index >= 15 is 0 Å². The molecule has 0 unspecified atom stereocenters. The Bertz CT molecular complexity index is 1640. The van der Waals surface area contributed by atoms with E-state index in [0.717, 1.165) is 30.6 Å². The van der Waals surface area contributed by atoms with Gasteiger partial charge in [-0.3, -0.25) is 0 Å². The number of rotatable bonds is 9. The molecular weight excluding hydrogens is 525 g/mol. The van der Waals surface area contributed by atoms with Crippen molar-refractivity contribution in [2.24, 2.45) is 5.92 Å². The van der Waals surface area contributed by atoms with Gasteiger partial charge in [-0.05, 0) is 43.0 Å². The highest BCUT2D eigenvalue weighted by atomic mass is 19.1. The maximum Gasteiger partial charge on any atom is 0.164 e. The summed E-state index contributed by atoms with van der Waals surface area (Å²) in [6.45, 7) is 6.75. The molecule has 2 aromatic carbocycles. The monoisotopic (exact) mass is 557 g/mol. The maximum atomic E-state index is 14.5. The van der Waals surface area contributed by atoms with Crippen LogP contribution in [-0.2, 0) is 17.9 Å². The third kappa shape index (κ3) is 5.85. The molecule has 0 bridgehead atoms. The molecule has 5 aromatic rings. The minimum atomic E-state index is -0.453. The Morgan fingerprint density at radius 2 is 1.83 bits per heavy atom. The molecule has 0 atom stereocenters. The molecule has 4 heterocycles. The van der Waals surface area contributed by atoms with Crippen LogP contribution in [0.1, 0.15) is 38.4 Å². The van der Waals surface area contributed by atoms with Gasteiger partial charge < -0.3 is 24.5 Å². The van der Waals surface area contributed by atoms with E-state index in [1.165, 1.54) is 18.5 Å². The van der Waals surface area contributed by atoms with Gasteiger partial charge in [-0.1, -0.05) is 13.8 Å². The number of hydrogen-bond acceptors (Lipinski definition) is 8. The predicted molar refractivity (Wildman–Crippen MR) is 152 cm³/mol. The van der Waals surface area contributed by atoms with Crippen molar-refractivity contribution < 1.29 is 18.6 Å². The van der Waals surface area contributed by atoms with Gasteiger partial charge in [-0.15, -0.1) is 0 Å². The van der Waals surface area contributed by atoms with E-state index in [1.54, 1.807) is 18.6 Å². The lowest BCUT2D eigenvalue weighted by Crippen LogP contribution is -2.20. The molecule has 0 saturated carbocycles. The Labute approximate surface area is 236 Å². The molecule has 1 aliphatic heterocycles. The molecule has 2 N–H and O–H groups in total. The zero-order valence-electron chi connectivity index (χ0n) is 23.0. The van der Waals surface area contributed by atoms with E-state index in [1.807, 2.05) is 33.5 Å². The van der Waals surface area contributed by atoms with Gasteiger partial charge >= 0.3 is 0 Å². The van der Waals surface area contributed by atoms with Crippen LogP contribution in [0, 0.1) is 11.7 Å². The molecule has 41 heavy (non-hydrogen) atoms. The molecule has 11 heteroatoms. The van der Waals surface area contributed by atoms with E-state index in [9.17, 15) is 4.39 Å². The van der Waals surface area contributed by atoms with E-state index in [0.29, 0.717) is 58.9 Å². The van der Waals surface area contributed by atoms with Crippen molar-refractivity contribution in [1.29, 1.82) is 0 Å². The molecule has 6 rings (SSSR count). The molecule has 0 spiro atoms. The lowest BCUT2D eigenvalue weighted by molar-refractivity contribution is 0.0674. The average Bonchev–Trinajstić information content (AvgIpc) is 3.57. The van der Waals surface area contributed by atoms with Gasteiger partial charge in [-0.2, -0.15) is 5.10 Å². The zero-order chi connectivity index (χ0) is 28.3. The van der Waals surface area contributed by atoms with Crippen LogP contribution in [-0.4, -0.2) is 42.5 Å². The molecule has 0 aliphatic carbocycles. The Morgan fingerprint density at radius 3 is 2.61 bits per heavy atom. The fourth-order valence-corrected chi connectivity index (χ4v) is 5.06. The number of halogens is 1. The summed E-state index contributed by atoms with van der Waals surface area (Å²) in [7, 11) is 0. The van der Waals surface area contributed by atoms with Gasteiger partial charge in [0.2, 0.25) is 0 Å². The van der Waals surface area contributed by atoms with E-state index in [2.05, 4.69) is 28.8 Å². The number of anilines is 1. The van der Waals surface area contributed by atoms with Crippen LogP contribution in [0.3, 0.4) is 0 Å². The van der Waals surface area contributed by atoms with Crippen molar-refractivity contribution in [3.8, 4) is 28.5 Å². The summed E-state index contributed by atoms with van der Waals surface area (Å²) in [5.74, 6) is 1.63. The van der Waals surface area contributed by atoms with Crippen molar-refractivity contribution in [3.05, 3.63) is 72.8 Å². The number of aromatic nitrogens is 6. The Hall–Kier alpha value is -4.51. The smallest absolute Gasteiger partial charge is 0.164 e. The van der Waals surface area contributed by atoms with Gasteiger partial charge in [-0.25, -0.2) is 24.0 Å². The molecular formula is C30H32FN7O3. The summed E-state index contributed by atoms with van der Waals surface area (Å²) in [4.78, 5) is 12.9. The molecule has 3 aromatic heterocycles. The van der Waals surface area contributed by atoms with Crippen LogP contribution >= 0.6 is 0 Å². The maximum absolute atomic E-state index is 14.5. The number of nitrogens with zero attached hydrogens (tertiary/aromatic N) is 6. The summed E-state index contributed by atoms with van der Waals surface area (Å²) < 4.78 is 35.8. The Kier molecular flexibility index (Phi) is 7.51. The SMILES string of the molecule is CC(C)Cn1cncc1COc1cc(F)cc(Oc2ccc(-c3nn(C4CCOCC4)c4ncnc(N)c34)cc2)c1. The summed E-state index contributed by atoms with van der Waals surface area (Å²) in [6.07, 6.45) is 6.72. The second-order valence-corrected chi connectivity index (χ2v) is 10.6. The van der Waals surface area contributed by atoms with Crippen LogP contribution in [0.4, 0.5) is 10.2 Å². The Balaban J connectivity index is 1.20. The third-order valence-electron chi connectivity index (χ3n) is 7.01. The van der Waals surface area contributed by atoms with Gasteiger partial charge in [0.05, 0.1) is 29.6 Å². The van der Waals surface area contributed by atoms with Crippen molar-refractivity contribution in [1.82, 2.24) is 29.3 Å². The van der Waals surface area contributed by atoms with Gasteiger partial charge in [0.25, 0.3) is 0 Å². The first-order chi connectivity index (χ1) is 19.9. The molecule has 1 saturated heterocycles. The Morgan fingerprint density at radius 1 is 1.05 bits per heavy atom. The minimum Gasteiger partial charge on any atom is -0.487 e. The summed E-state index contributed by atoms with van der Waals surface area (Å²) in [5, 5.41) is 5.63. The highest BCUT2D eigenvalue weighted by molar-refractivity contribution is 5.98. The van der Waals surface area contributed by atoms with Gasteiger partial charge in [0.1, 0.15) is 47.5 Å². The average molecular weight is 558 g/mol. The zero-order valence-corrected chi connectivity index (χ0v) is 23.0. The number of hydrogen-bond donors (Lipinski definition) is 1. The number of benzene rings is 2. The van der Waals surface area contributed by atoms with Crippen LogP contribution in [0.25, 0.3) is 22.3 Å². The predicted octanol–water partition coefficient (Wildman–Crippen LogP) is 5.79. The van der Waals surface area contributed by atoms with E-state index in [4.69, 9.17) is 25.0 Å². The standard InChI is InChI=1S/C30H32FN7O3/c1-19(2)15-37-18-33-14-23(37)16-40-25-11-21(31)12-26(13-25)41-24-5-3-20(4-6-24)28-27-29(32)34-17-35-30(27)38(36-28)22-7-9-39-10-8-22/h3-6,11-14,17-19,22H,7-10,15-16H2,1-2H3,(H2,32,34,35). The first kappa shape index (κ1) is 26.7. The van der Waals surface area contributed by atoms with Crippen LogP contribution in [0.15, 0.2) is 61.3 Å². The quantitative estimate of drug-likeness (QED) is 0.242. The van der Waals surface area contributed by atoms with Crippen LogP contribution in [0.2, 0.25) is 0 Å².